The van der Waals surface area contributed by atoms with Gasteiger partial charge in [0.1, 0.15) is 0 Å². The van der Waals surface area contributed by atoms with Gasteiger partial charge in [-0.3, -0.25) is 0 Å². The minimum absolute atomic E-state index is 0.0199. The van der Waals surface area contributed by atoms with Crippen LogP contribution in [0, 0.1) is 0 Å². The van der Waals surface area contributed by atoms with E-state index in [4.69, 9.17) is 16.7 Å². The summed E-state index contributed by atoms with van der Waals surface area (Å²) in [6.07, 6.45) is 0.572. The van der Waals surface area contributed by atoms with E-state index >= 15 is 0 Å². The number of aromatic carboxylic acids is 1. The van der Waals surface area contributed by atoms with Crippen molar-refractivity contribution in [1.29, 1.82) is 0 Å². The fourth-order valence-corrected chi connectivity index (χ4v) is 1.86. The van der Waals surface area contributed by atoms with E-state index in [9.17, 15) is 4.79 Å². The predicted octanol–water partition coefficient (Wildman–Crippen LogP) is 2.24. The van der Waals surface area contributed by atoms with Gasteiger partial charge in [-0.15, -0.1) is 5.10 Å². The second kappa shape index (κ2) is 5.18. The Morgan fingerprint density at radius 3 is 2.61 bits per heavy atom. The van der Waals surface area contributed by atoms with Crippen LogP contribution in [0.5, 0.6) is 0 Å². The first-order valence-electron chi connectivity index (χ1n) is 5.52. The van der Waals surface area contributed by atoms with Gasteiger partial charge in [0, 0.05) is 5.02 Å². The van der Waals surface area contributed by atoms with Crippen LogP contribution in [-0.4, -0.2) is 26.1 Å². The van der Waals surface area contributed by atoms with Crippen molar-refractivity contribution in [3.8, 4) is 0 Å². The van der Waals surface area contributed by atoms with Crippen molar-refractivity contribution in [1.82, 2.24) is 15.0 Å². The molecular weight excluding hydrogens is 254 g/mol. The monoisotopic (exact) mass is 265 g/mol. The maximum Gasteiger partial charge on any atom is 0.358 e. The van der Waals surface area contributed by atoms with Gasteiger partial charge in [0.25, 0.3) is 0 Å². The van der Waals surface area contributed by atoms with Gasteiger partial charge in [-0.25, -0.2) is 9.48 Å². The first-order chi connectivity index (χ1) is 8.61. The molecule has 0 aliphatic rings. The van der Waals surface area contributed by atoms with Gasteiger partial charge in [0.15, 0.2) is 5.69 Å². The van der Waals surface area contributed by atoms with Gasteiger partial charge in [-0.05, 0) is 24.1 Å². The summed E-state index contributed by atoms with van der Waals surface area (Å²) in [7, 11) is 0. The maximum absolute atomic E-state index is 11.0. The number of carboxylic acids is 1. The van der Waals surface area contributed by atoms with Gasteiger partial charge < -0.3 is 5.11 Å². The predicted molar refractivity (Wildman–Crippen MR) is 66.9 cm³/mol. The number of benzene rings is 1. The Labute approximate surface area is 109 Å². The molecule has 0 atom stereocenters. The Morgan fingerprint density at radius 1 is 1.39 bits per heavy atom. The SMILES string of the molecule is CCc1c(C(=O)O)nnn1Cc1ccc(Cl)cc1. The Balaban J connectivity index is 2.29. The molecule has 1 aromatic heterocycles. The number of carboxylic acid groups (broad SMARTS) is 1. The summed E-state index contributed by atoms with van der Waals surface area (Å²) < 4.78 is 1.60. The van der Waals surface area contributed by atoms with Crippen molar-refractivity contribution in [3.63, 3.8) is 0 Å². The second-order valence-corrected chi connectivity index (χ2v) is 4.26. The summed E-state index contributed by atoms with van der Waals surface area (Å²) in [4.78, 5) is 11.0. The summed E-state index contributed by atoms with van der Waals surface area (Å²) in [6.45, 7) is 2.37. The van der Waals surface area contributed by atoms with E-state index in [2.05, 4.69) is 10.3 Å². The quantitative estimate of drug-likeness (QED) is 0.921. The zero-order chi connectivity index (χ0) is 13.1. The van der Waals surface area contributed by atoms with Gasteiger partial charge in [0.2, 0.25) is 0 Å². The Hall–Kier alpha value is -1.88. The molecule has 0 aliphatic heterocycles. The molecule has 1 aromatic carbocycles. The van der Waals surface area contributed by atoms with E-state index in [1.54, 1.807) is 16.8 Å². The van der Waals surface area contributed by atoms with E-state index < -0.39 is 5.97 Å². The first kappa shape index (κ1) is 12.6. The lowest BCUT2D eigenvalue weighted by Crippen LogP contribution is -2.08. The van der Waals surface area contributed by atoms with Gasteiger partial charge in [-0.2, -0.15) is 0 Å². The van der Waals surface area contributed by atoms with E-state index in [0.717, 1.165) is 5.56 Å². The Bertz CT molecular complexity index is 563. The number of hydrogen-bond acceptors (Lipinski definition) is 3. The van der Waals surface area contributed by atoms with Crippen LogP contribution in [0.2, 0.25) is 5.02 Å². The van der Waals surface area contributed by atoms with Gasteiger partial charge >= 0.3 is 5.97 Å². The van der Waals surface area contributed by atoms with Crippen molar-refractivity contribution < 1.29 is 9.90 Å². The van der Waals surface area contributed by atoms with Crippen LogP contribution in [0.3, 0.4) is 0 Å². The fraction of sp³-hybridized carbons (Fsp3) is 0.250. The smallest absolute Gasteiger partial charge is 0.358 e. The fourth-order valence-electron chi connectivity index (χ4n) is 1.74. The molecule has 1 heterocycles. The minimum atomic E-state index is -1.05. The van der Waals surface area contributed by atoms with Crippen LogP contribution in [0.25, 0.3) is 0 Å². The zero-order valence-electron chi connectivity index (χ0n) is 9.80. The molecule has 2 rings (SSSR count). The molecule has 0 aliphatic carbocycles. The molecule has 0 spiro atoms. The van der Waals surface area contributed by atoms with Crippen LogP contribution in [0.4, 0.5) is 0 Å². The molecular formula is C12H12ClN3O2. The number of nitrogens with zero attached hydrogens (tertiary/aromatic N) is 3. The van der Waals surface area contributed by atoms with Crippen LogP contribution in [0.1, 0.15) is 28.7 Å². The minimum Gasteiger partial charge on any atom is -0.476 e. The van der Waals surface area contributed by atoms with Crippen LogP contribution in [0.15, 0.2) is 24.3 Å². The van der Waals surface area contributed by atoms with Crippen molar-refractivity contribution >= 4 is 17.6 Å². The molecule has 0 saturated carbocycles. The zero-order valence-corrected chi connectivity index (χ0v) is 10.6. The average Bonchev–Trinajstić information content (AvgIpc) is 2.75. The molecule has 18 heavy (non-hydrogen) atoms. The number of rotatable bonds is 4. The van der Waals surface area contributed by atoms with E-state index in [1.807, 2.05) is 19.1 Å². The summed E-state index contributed by atoms with van der Waals surface area (Å²) in [5.41, 5.74) is 1.64. The van der Waals surface area contributed by atoms with Crippen LogP contribution in [-0.2, 0) is 13.0 Å². The number of halogens is 1. The molecule has 0 radical (unpaired) electrons. The molecule has 6 heteroatoms. The van der Waals surface area contributed by atoms with E-state index in [-0.39, 0.29) is 5.69 Å². The number of aromatic nitrogens is 3. The highest BCUT2D eigenvalue weighted by Gasteiger charge is 2.17. The highest BCUT2D eigenvalue weighted by atomic mass is 35.5. The average molecular weight is 266 g/mol. The summed E-state index contributed by atoms with van der Waals surface area (Å²) in [5.74, 6) is -1.05. The largest absolute Gasteiger partial charge is 0.476 e. The molecule has 94 valence electrons. The van der Waals surface area contributed by atoms with E-state index in [0.29, 0.717) is 23.7 Å². The summed E-state index contributed by atoms with van der Waals surface area (Å²) in [5, 5.41) is 17.2. The molecule has 0 fully saturated rings. The lowest BCUT2D eigenvalue weighted by molar-refractivity contribution is 0.0689. The molecule has 0 amide bonds. The molecule has 2 aromatic rings. The third kappa shape index (κ3) is 2.51. The van der Waals surface area contributed by atoms with Gasteiger partial charge in [-0.1, -0.05) is 35.9 Å². The van der Waals surface area contributed by atoms with Crippen molar-refractivity contribution in [3.05, 3.63) is 46.2 Å². The summed E-state index contributed by atoms with van der Waals surface area (Å²) in [6, 6.07) is 7.34. The molecule has 0 saturated heterocycles. The highest BCUT2D eigenvalue weighted by Crippen LogP contribution is 2.13. The number of carbonyl (C=O) groups is 1. The second-order valence-electron chi connectivity index (χ2n) is 3.83. The molecule has 0 bridgehead atoms. The molecule has 0 unspecified atom stereocenters. The van der Waals surface area contributed by atoms with Crippen molar-refractivity contribution in [2.24, 2.45) is 0 Å². The van der Waals surface area contributed by atoms with Crippen LogP contribution < -0.4 is 0 Å². The molecule has 5 nitrogen and oxygen atoms in total. The van der Waals surface area contributed by atoms with Crippen molar-refractivity contribution in [2.45, 2.75) is 19.9 Å². The number of hydrogen-bond donors (Lipinski definition) is 1. The summed E-state index contributed by atoms with van der Waals surface area (Å²) >= 11 is 5.81. The lowest BCUT2D eigenvalue weighted by atomic mass is 10.2. The standard InChI is InChI=1S/C12H12ClN3O2/c1-2-10-11(12(17)18)14-15-16(10)7-8-3-5-9(13)6-4-8/h3-6H,2,7H2,1H3,(H,17,18). The Kier molecular flexibility index (Phi) is 3.62. The third-order valence-electron chi connectivity index (χ3n) is 2.62. The molecule has 1 N–H and O–H groups in total. The van der Waals surface area contributed by atoms with Crippen molar-refractivity contribution in [2.75, 3.05) is 0 Å². The third-order valence-corrected chi connectivity index (χ3v) is 2.87. The van der Waals surface area contributed by atoms with Crippen LogP contribution >= 0.6 is 11.6 Å². The normalized spacial score (nSPS) is 10.6. The lowest BCUT2D eigenvalue weighted by Gasteiger charge is -2.05. The maximum atomic E-state index is 11.0. The Morgan fingerprint density at radius 2 is 2.06 bits per heavy atom. The topological polar surface area (TPSA) is 68.0 Å². The van der Waals surface area contributed by atoms with E-state index in [1.165, 1.54) is 0 Å². The highest BCUT2D eigenvalue weighted by molar-refractivity contribution is 6.30. The van der Waals surface area contributed by atoms with Gasteiger partial charge in [0.05, 0.1) is 12.2 Å². The first-order valence-corrected chi connectivity index (χ1v) is 5.89.